The highest BCUT2D eigenvalue weighted by atomic mass is 32.1. The summed E-state index contributed by atoms with van der Waals surface area (Å²) >= 11 is 6.54. The predicted molar refractivity (Wildman–Crippen MR) is 92.6 cm³/mol. The number of fused-ring (bicyclic) bond motifs is 1. The molecule has 2 N–H and O–H groups in total. The molecule has 0 saturated heterocycles. The van der Waals surface area contributed by atoms with E-state index in [0.29, 0.717) is 16.3 Å². The van der Waals surface area contributed by atoms with Gasteiger partial charge in [0.05, 0.1) is 6.42 Å². The normalized spacial score (nSPS) is 14.3. The molecule has 0 unspecified atom stereocenters. The highest BCUT2D eigenvalue weighted by Gasteiger charge is 2.28. The molecule has 2 aromatic heterocycles. The van der Waals surface area contributed by atoms with Gasteiger partial charge in [0, 0.05) is 22.2 Å². The van der Waals surface area contributed by atoms with Crippen molar-refractivity contribution in [3.8, 4) is 0 Å². The van der Waals surface area contributed by atoms with E-state index in [1.54, 1.807) is 0 Å². The molecule has 0 atom stereocenters. The second-order valence-corrected chi connectivity index (χ2v) is 7.57. The average molecular weight is 345 g/mol. The number of nitrogens with one attached hydrogen (secondary N) is 2. The number of oxazole rings is 1. The van der Waals surface area contributed by atoms with Gasteiger partial charge in [-0.25, -0.2) is 4.98 Å². The van der Waals surface area contributed by atoms with Gasteiger partial charge in [0.25, 0.3) is 0 Å². The summed E-state index contributed by atoms with van der Waals surface area (Å²) in [6, 6.07) is 5.55. The molecule has 3 aromatic rings. The van der Waals surface area contributed by atoms with Crippen molar-refractivity contribution in [2.45, 2.75) is 32.1 Å². The number of rotatable bonds is 4. The zero-order valence-corrected chi connectivity index (χ0v) is 14.1. The van der Waals surface area contributed by atoms with Crippen LogP contribution < -0.4 is 5.32 Å². The van der Waals surface area contributed by atoms with E-state index in [1.807, 2.05) is 25.1 Å². The molecule has 1 saturated carbocycles. The Morgan fingerprint density at radius 3 is 3.04 bits per heavy atom. The van der Waals surface area contributed by atoms with Crippen LogP contribution in [0.1, 0.15) is 35.2 Å². The Labute approximate surface area is 141 Å². The molecule has 1 amide bonds. The number of amides is 1. The van der Waals surface area contributed by atoms with Crippen molar-refractivity contribution < 1.29 is 9.21 Å². The quantitative estimate of drug-likeness (QED) is 0.691. The molecule has 0 aliphatic heterocycles. The summed E-state index contributed by atoms with van der Waals surface area (Å²) in [7, 11) is 0. The molecule has 1 aromatic carbocycles. The lowest BCUT2D eigenvalue weighted by Crippen LogP contribution is -2.14. The fourth-order valence-electron chi connectivity index (χ4n) is 2.48. The first-order valence-electron chi connectivity index (χ1n) is 7.47. The summed E-state index contributed by atoms with van der Waals surface area (Å²) in [4.78, 5) is 20.7. The van der Waals surface area contributed by atoms with E-state index in [-0.39, 0.29) is 5.91 Å². The predicted octanol–water partition coefficient (Wildman–Crippen LogP) is 4.31. The number of aryl methyl sites for hydroxylation is 1. The minimum absolute atomic E-state index is 0.0661. The number of aromatic nitrogens is 2. The number of aromatic amines is 1. The Bertz CT molecular complexity index is 950. The van der Waals surface area contributed by atoms with Crippen LogP contribution in [0.2, 0.25) is 0 Å². The number of carbonyl (C=O) groups excluding carboxylic acids is 1. The first-order chi connectivity index (χ1) is 11.1. The van der Waals surface area contributed by atoms with Gasteiger partial charge in [-0.05, 0) is 50.2 Å². The number of hydrogen-bond acceptors (Lipinski definition) is 5. The van der Waals surface area contributed by atoms with Gasteiger partial charge in [-0.2, -0.15) is 0 Å². The first-order valence-corrected chi connectivity index (χ1v) is 8.70. The van der Waals surface area contributed by atoms with Crippen molar-refractivity contribution >= 4 is 46.2 Å². The molecule has 1 fully saturated rings. The molecule has 4 rings (SSSR count). The molecule has 2 heterocycles. The molecule has 0 radical (unpaired) electrons. The minimum Gasteiger partial charge on any atom is -0.440 e. The Morgan fingerprint density at radius 2 is 2.35 bits per heavy atom. The zero-order chi connectivity index (χ0) is 16.0. The maximum atomic E-state index is 12.2. The van der Waals surface area contributed by atoms with Crippen molar-refractivity contribution in [3.63, 3.8) is 0 Å². The highest BCUT2D eigenvalue weighted by Crippen LogP contribution is 2.40. The standard InChI is InChI=1S/C16H15N3O2S2/c1-8-13(23-16(22)17-8)7-14(20)18-10-4-5-12-11(6-10)19-15(21-12)9-2-3-9/h4-6,9H,2-3,7H2,1H3,(H,17,22)(H,18,20). The fraction of sp³-hybridized carbons (Fsp3) is 0.312. The second-order valence-electron chi connectivity index (χ2n) is 5.80. The van der Waals surface area contributed by atoms with Gasteiger partial charge in [-0.3, -0.25) is 4.79 Å². The maximum absolute atomic E-state index is 12.2. The van der Waals surface area contributed by atoms with Crippen LogP contribution in [-0.4, -0.2) is 15.9 Å². The third kappa shape index (κ3) is 3.07. The monoisotopic (exact) mass is 345 g/mol. The number of nitrogens with zero attached hydrogens (tertiary/aromatic N) is 1. The third-order valence-electron chi connectivity index (χ3n) is 3.86. The summed E-state index contributed by atoms with van der Waals surface area (Å²) in [5.74, 6) is 1.22. The summed E-state index contributed by atoms with van der Waals surface area (Å²) < 4.78 is 6.42. The van der Waals surface area contributed by atoms with Crippen LogP contribution >= 0.6 is 23.6 Å². The molecule has 1 aliphatic rings. The van der Waals surface area contributed by atoms with Crippen molar-refractivity contribution in [2.24, 2.45) is 0 Å². The van der Waals surface area contributed by atoms with Crippen molar-refractivity contribution in [1.82, 2.24) is 9.97 Å². The van der Waals surface area contributed by atoms with Crippen LogP contribution in [0.15, 0.2) is 22.6 Å². The largest absolute Gasteiger partial charge is 0.440 e. The Hall–Kier alpha value is -1.99. The first kappa shape index (κ1) is 14.6. The van der Waals surface area contributed by atoms with Crippen LogP contribution in [0.5, 0.6) is 0 Å². The molecule has 7 heteroatoms. The van der Waals surface area contributed by atoms with E-state index in [1.165, 1.54) is 11.3 Å². The topological polar surface area (TPSA) is 70.9 Å². The molecular formula is C16H15N3O2S2. The van der Waals surface area contributed by atoms with Gasteiger partial charge in [0.1, 0.15) is 5.52 Å². The molecule has 0 bridgehead atoms. The summed E-state index contributed by atoms with van der Waals surface area (Å²) in [5.41, 5.74) is 3.24. The molecule has 0 spiro atoms. The molecule has 1 aliphatic carbocycles. The van der Waals surface area contributed by atoms with Crippen LogP contribution in [-0.2, 0) is 11.2 Å². The Balaban J connectivity index is 1.51. The Kier molecular flexibility index (Phi) is 3.54. The van der Waals surface area contributed by atoms with Crippen molar-refractivity contribution in [2.75, 3.05) is 5.32 Å². The van der Waals surface area contributed by atoms with Gasteiger partial charge in [0.2, 0.25) is 5.91 Å². The lowest BCUT2D eigenvalue weighted by atomic mass is 10.2. The zero-order valence-electron chi connectivity index (χ0n) is 12.5. The summed E-state index contributed by atoms with van der Waals surface area (Å²) in [5, 5.41) is 2.91. The van der Waals surface area contributed by atoms with Gasteiger partial charge < -0.3 is 14.7 Å². The summed E-state index contributed by atoms with van der Waals surface area (Å²) in [6.07, 6.45) is 2.62. The fourth-order valence-corrected chi connectivity index (χ4v) is 3.77. The van der Waals surface area contributed by atoms with Crippen LogP contribution in [0.25, 0.3) is 11.1 Å². The maximum Gasteiger partial charge on any atom is 0.229 e. The van der Waals surface area contributed by atoms with Crippen LogP contribution in [0.3, 0.4) is 0 Å². The van der Waals surface area contributed by atoms with E-state index in [2.05, 4.69) is 15.3 Å². The molecule has 5 nitrogen and oxygen atoms in total. The minimum atomic E-state index is -0.0661. The highest BCUT2D eigenvalue weighted by molar-refractivity contribution is 7.73. The van der Waals surface area contributed by atoms with E-state index >= 15 is 0 Å². The van der Waals surface area contributed by atoms with Crippen molar-refractivity contribution in [1.29, 1.82) is 0 Å². The number of thiazole rings is 1. The van der Waals surface area contributed by atoms with Gasteiger partial charge in [-0.15, -0.1) is 11.3 Å². The number of hydrogen-bond donors (Lipinski definition) is 2. The number of H-pyrrole nitrogens is 1. The van der Waals surface area contributed by atoms with E-state index < -0.39 is 0 Å². The summed E-state index contributed by atoms with van der Waals surface area (Å²) in [6.45, 7) is 1.93. The van der Waals surface area contributed by atoms with Crippen LogP contribution in [0, 0.1) is 10.9 Å². The smallest absolute Gasteiger partial charge is 0.229 e. The molecule has 118 valence electrons. The number of anilines is 1. The number of benzene rings is 1. The Morgan fingerprint density at radius 1 is 1.52 bits per heavy atom. The van der Waals surface area contributed by atoms with E-state index in [4.69, 9.17) is 16.6 Å². The van der Waals surface area contributed by atoms with Crippen LogP contribution in [0.4, 0.5) is 5.69 Å². The van der Waals surface area contributed by atoms with Crippen molar-refractivity contribution in [3.05, 3.63) is 38.6 Å². The van der Waals surface area contributed by atoms with Gasteiger partial charge >= 0.3 is 0 Å². The molecule has 23 heavy (non-hydrogen) atoms. The average Bonchev–Trinajstić information content (AvgIpc) is 3.18. The van der Waals surface area contributed by atoms with E-state index in [9.17, 15) is 4.79 Å². The van der Waals surface area contributed by atoms with Gasteiger partial charge in [-0.1, -0.05) is 0 Å². The lowest BCUT2D eigenvalue weighted by Gasteiger charge is -2.04. The SMILES string of the molecule is Cc1[nH]c(=S)sc1CC(=O)Nc1ccc2oc(C3CC3)nc2c1. The van der Waals surface area contributed by atoms with Gasteiger partial charge in [0.15, 0.2) is 15.4 Å². The number of carbonyl (C=O) groups is 1. The third-order valence-corrected chi connectivity index (χ3v) is 5.20. The molecular weight excluding hydrogens is 330 g/mol. The second kappa shape index (κ2) is 5.58. The lowest BCUT2D eigenvalue weighted by molar-refractivity contribution is -0.115. The van der Waals surface area contributed by atoms with E-state index in [0.717, 1.165) is 46.1 Å².